The molecule has 0 N–H and O–H groups in total. The number of piperazine rings is 1. The molecule has 0 atom stereocenters. The van der Waals surface area contributed by atoms with Crippen molar-refractivity contribution in [3.05, 3.63) is 10.6 Å². The smallest absolute Gasteiger partial charge is 0.150 e. The van der Waals surface area contributed by atoms with Crippen LogP contribution in [0.1, 0.15) is 17.0 Å². The molecule has 1 aliphatic heterocycles. The Morgan fingerprint density at radius 1 is 1.30 bits per heavy atom. The lowest BCUT2D eigenvalue weighted by Crippen LogP contribution is -2.44. The summed E-state index contributed by atoms with van der Waals surface area (Å²) in [7, 11) is 2.20. The zero-order chi connectivity index (χ0) is 14.4. The predicted molar refractivity (Wildman–Crippen MR) is 90.6 cm³/mol. The summed E-state index contributed by atoms with van der Waals surface area (Å²) in [5, 5.41) is 0. The van der Waals surface area contributed by atoms with E-state index in [1.54, 1.807) is 0 Å². The fourth-order valence-corrected chi connectivity index (χ4v) is 4.83. The summed E-state index contributed by atoms with van der Waals surface area (Å²) in [6, 6.07) is 0. The van der Waals surface area contributed by atoms with Crippen molar-refractivity contribution in [3.8, 4) is 0 Å². The maximum Gasteiger partial charge on any atom is 0.150 e. The molecule has 0 aromatic carbocycles. The average molecular weight is 334 g/mol. The lowest BCUT2D eigenvalue weighted by Gasteiger charge is -2.32. The van der Waals surface area contributed by atoms with Gasteiger partial charge in [0, 0.05) is 42.7 Å². The molecule has 1 saturated heterocycles. The van der Waals surface area contributed by atoms with Crippen LogP contribution in [0.25, 0.3) is 0 Å². The van der Waals surface area contributed by atoms with E-state index in [1.165, 1.54) is 54.1 Å². The molecule has 1 aliphatic rings. The monoisotopic (exact) mass is 333 g/mol. The van der Waals surface area contributed by atoms with E-state index in [1.807, 2.05) is 23.1 Å². The largest absolute Gasteiger partial charge is 0.304 e. The highest BCUT2D eigenvalue weighted by atomic mass is 35.5. The molecule has 0 amide bonds. The van der Waals surface area contributed by atoms with E-state index in [0.29, 0.717) is 5.88 Å². The van der Waals surface area contributed by atoms with Gasteiger partial charge in [-0.2, -0.15) is 0 Å². The van der Waals surface area contributed by atoms with Crippen LogP contribution in [0.4, 0.5) is 0 Å². The Kier molecular flexibility index (Phi) is 7.11. The lowest BCUT2D eigenvalue weighted by molar-refractivity contribution is 0.154. The number of hydrogen-bond donors (Lipinski definition) is 0. The van der Waals surface area contributed by atoms with E-state index in [4.69, 9.17) is 11.6 Å². The highest BCUT2D eigenvalue weighted by Crippen LogP contribution is 2.28. The van der Waals surface area contributed by atoms with Crippen LogP contribution >= 0.6 is 34.7 Å². The number of thiazole rings is 1. The summed E-state index contributed by atoms with van der Waals surface area (Å²) in [6.07, 6.45) is 2.20. The standard InChI is InChI=1S/C14H24ClN3S2/c1-12-13(4-5-15)20-14(16-12)19-11-3-6-18-9-7-17(2)8-10-18/h3-11H2,1-2H3. The van der Waals surface area contributed by atoms with E-state index in [2.05, 4.69) is 28.8 Å². The van der Waals surface area contributed by atoms with Crippen molar-refractivity contribution in [2.75, 3.05) is 51.4 Å². The predicted octanol–water partition coefficient (Wildman–Crippen LogP) is 2.96. The van der Waals surface area contributed by atoms with Crippen molar-refractivity contribution in [2.24, 2.45) is 0 Å². The minimum absolute atomic E-state index is 0.691. The molecule has 0 radical (unpaired) electrons. The molecule has 114 valence electrons. The number of likely N-dealkylation sites (N-methyl/N-ethyl adjacent to an activating group) is 1. The number of halogens is 1. The molecule has 2 rings (SSSR count). The van der Waals surface area contributed by atoms with Crippen LogP contribution in [0, 0.1) is 6.92 Å². The second-order valence-electron chi connectivity index (χ2n) is 5.27. The minimum Gasteiger partial charge on any atom is -0.304 e. The zero-order valence-corrected chi connectivity index (χ0v) is 14.8. The molecule has 0 spiro atoms. The quantitative estimate of drug-likeness (QED) is 0.434. The third-order valence-corrected chi connectivity index (χ3v) is 6.27. The van der Waals surface area contributed by atoms with Gasteiger partial charge in [0.1, 0.15) is 4.34 Å². The summed E-state index contributed by atoms with van der Waals surface area (Å²) < 4.78 is 1.21. The first kappa shape index (κ1) is 16.6. The van der Waals surface area contributed by atoms with Crippen molar-refractivity contribution in [1.82, 2.24) is 14.8 Å². The molecule has 0 saturated carbocycles. The van der Waals surface area contributed by atoms with Gasteiger partial charge in [0.05, 0.1) is 5.69 Å². The normalized spacial score (nSPS) is 17.8. The van der Waals surface area contributed by atoms with Crippen LogP contribution in [-0.4, -0.2) is 66.2 Å². The fourth-order valence-electron chi connectivity index (χ4n) is 2.30. The SMILES string of the molecule is Cc1nc(SCCCN2CCN(C)CC2)sc1CCCl. The number of aryl methyl sites for hydroxylation is 2. The van der Waals surface area contributed by atoms with Crippen molar-refractivity contribution in [1.29, 1.82) is 0 Å². The average Bonchev–Trinajstić information content (AvgIpc) is 2.78. The lowest BCUT2D eigenvalue weighted by atomic mass is 10.3. The maximum absolute atomic E-state index is 5.80. The highest BCUT2D eigenvalue weighted by molar-refractivity contribution is 8.01. The Hall–Kier alpha value is 0.190. The zero-order valence-electron chi connectivity index (χ0n) is 12.4. The Bertz CT molecular complexity index is 403. The molecule has 0 unspecified atom stereocenters. The van der Waals surface area contributed by atoms with E-state index in [0.717, 1.165) is 12.1 Å². The van der Waals surface area contributed by atoms with Crippen molar-refractivity contribution >= 4 is 34.7 Å². The highest BCUT2D eigenvalue weighted by Gasteiger charge is 2.13. The molecule has 2 heterocycles. The van der Waals surface area contributed by atoms with Gasteiger partial charge in [0.25, 0.3) is 0 Å². The minimum atomic E-state index is 0.691. The Morgan fingerprint density at radius 2 is 2.05 bits per heavy atom. The van der Waals surface area contributed by atoms with E-state index in [9.17, 15) is 0 Å². The summed E-state index contributed by atoms with van der Waals surface area (Å²) in [6.45, 7) is 8.17. The number of rotatable bonds is 7. The van der Waals surface area contributed by atoms with Gasteiger partial charge in [-0.1, -0.05) is 11.8 Å². The summed E-state index contributed by atoms with van der Waals surface area (Å²) in [5.41, 5.74) is 1.16. The van der Waals surface area contributed by atoms with Crippen LogP contribution in [0.5, 0.6) is 0 Å². The molecule has 1 aromatic heterocycles. The molecule has 6 heteroatoms. The van der Waals surface area contributed by atoms with Crippen molar-refractivity contribution in [3.63, 3.8) is 0 Å². The summed E-state index contributed by atoms with van der Waals surface area (Å²) in [5.74, 6) is 1.86. The fraction of sp³-hybridized carbons (Fsp3) is 0.786. The van der Waals surface area contributed by atoms with E-state index >= 15 is 0 Å². The molecule has 20 heavy (non-hydrogen) atoms. The maximum atomic E-state index is 5.80. The third-order valence-electron chi connectivity index (χ3n) is 3.63. The topological polar surface area (TPSA) is 19.4 Å². The van der Waals surface area contributed by atoms with Crippen LogP contribution < -0.4 is 0 Å². The van der Waals surface area contributed by atoms with Gasteiger partial charge >= 0.3 is 0 Å². The second-order valence-corrected chi connectivity index (χ2v) is 8.08. The molecule has 1 aromatic rings. The number of alkyl halides is 1. The number of nitrogens with zero attached hydrogens (tertiary/aromatic N) is 3. The van der Waals surface area contributed by atoms with Crippen LogP contribution in [0.2, 0.25) is 0 Å². The van der Waals surface area contributed by atoms with Gasteiger partial charge in [0.2, 0.25) is 0 Å². The van der Waals surface area contributed by atoms with Gasteiger partial charge in [-0.3, -0.25) is 0 Å². The van der Waals surface area contributed by atoms with Crippen molar-refractivity contribution in [2.45, 2.75) is 24.1 Å². The van der Waals surface area contributed by atoms with Gasteiger partial charge < -0.3 is 9.80 Å². The van der Waals surface area contributed by atoms with Crippen LogP contribution in [0.15, 0.2) is 4.34 Å². The first-order valence-corrected chi connectivity index (χ1v) is 9.58. The molecular weight excluding hydrogens is 310 g/mol. The van der Waals surface area contributed by atoms with Gasteiger partial charge in [-0.05, 0) is 33.4 Å². The molecule has 0 bridgehead atoms. The molecule has 0 aliphatic carbocycles. The number of aromatic nitrogens is 1. The Balaban J connectivity index is 1.64. The van der Waals surface area contributed by atoms with Gasteiger partial charge in [0.15, 0.2) is 0 Å². The van der Waals surface area contributed by atoms with Crippen LogP contribution in [0.3, 0.4) is 0 Å². The molecule has 3 nitrogen and oxygen atoms in total. The van der Waals surface area contributed by atoms with Crippen molar-refractivity contribution < 1.29 is 0 Å². The van der Waals surface area contributed by atoms with Gasteiger partial charge in [-0.15, -0.1) is 22.9 Å². The second kappa shape index (κ2) is 8.59. The number of hydrogen-bond acceptors (Lipinski definition) is 5. The number of thioether (sulfide) groups is 1. The first-order valence-electron chi connectivity index (χ1n) is 7.25. The Morgan fingerprint density at radius 3 is 2.75 bits per heavy atom. The third kappa shape index (κ3) is 5.19. The van der Waals surface area contributed by atoms with Crippen LogP contribution in [-0.2, 0) is 6.42 Å². The molecular formula is C14H24ClN3S2. The first-order chi connectivity index (χ1) is 9.69. The summed E-state index contributed by atoms with van der Waals surface area (Å²) >= 11 is 9.52. The van der Waals surface area contributed by atoms with E-state index < -0.39 is 0 Å². The molecule has 1 fully saturated rings. The Labute approximate surface area is 135 Å². The van der Waals surface area contributed by atoms with Gasteiger partial charge in [-0.25, -0.2) is 4.98 Å². The summed E-state index contributed by atoms with van der Waals surface area (Å²) in [4.78, 5) is 11.0. The van der Waals surface area contributed by atoms with E-state index in [-0.39, 0.29) is 0 Å².